The monoisotopic (exact) mass is 1920 g/mol. The second-order valence-electron chi connectivity index (χ2n) is 37.9. The van der Waals surface area contributed by atoms with Gasteiger partial charge in [0.25, 0.3) is 0 Å². The van der Waals surface area contributed by atoms with Gasteiger partial charge in [-0.25, -0.2) is 24.9 Å². The van der Waals surface area contributed by atoms with E-state index in [1.165, 1.54) is 21.9 Å². The lowest BCUT2D eigenvalue weighted by Crippen LogP contribution is -1.96. The fourth-order valence-electron chi connectivity index (χ4n) is 22.1. The molecule has 0 aliphatic rings. The van der Waals surface area contributed by atoms with E-state index in [2.05, 4.69) is 463 Å². The van der Waals surface area contributed by atoms with Crippen molar-refractivity contribution in [1.29, 1.82) is 0 Å². The highest BCUT2D eigenvalue weighted by molar-refractivity contribution is 6.28. The molecule has 0 fully saturated rings. The Labute approximate surface area is 862 Å². The Bertz CT molecular complexity index is 9860. The van der Waals surface area contributed by atoms with Gasteiger partial charge in [-0.15, -0.1) is 0 Å². The zero-order chi connectivity index (χ0) is 99.1. The summed E-state index contributed by atoms with van der Waals surface area (Å²) in [5.74, 6) is 1.38. The number of fused-ring (bicyclic) bond motifs is 21. The lowest BCUT2D eigenvalue weighted by Gasteiger charge is -2.11. The second kappa shape index (κ2) is 37.2. The fraction of sp³-hybridized carbons (Fsp3) is 0. The first kappa shape index (κ1) is 87.5. The number of rotatable bonds is 15. The third kappa shape index (κ3) is 15.5. The Balaban J connectivity index is 0.000000108. The van der Waals surface area contributed by atoms with Gasteiger partial charge in [-0.1, -0.05) is 400 Å². The lowest BCUT2D eigenvalue weighted by atomic mass is 9.98. The quantitative estimate of drug-likeness (QED) is 0.0996. The van der Waals surface area contributed by atoms with Crippen LogP contribution >= 0.6 is 0 Å². The van der Waals surface area contributed by atoms with Crippen LogP contribution in [0, 0.1) is 0 Å². The Morgan fingerprint density at radius 1 is 0.133 bits per heavy atom. The molecule has 0 atom stereocenters. The molecule has 702 valence electrons. The topological polar surface area (TPSA) is 119 Å². The summed E-state index contributed by atoms with van der Waals surface area (Å²) in [4.78, 5) is 25.4. The first-order valence-electron chi connectivity index (χ1n) is 50.6. The number of aromatic nitrogens is 8. The number of benzene rings is 21. The summed E-state index contributed by atoms with van der Waals surface area (Å²) in [7, 11) is 0. The van der Waals surface area contributed by atoms with E-state index in [1.54, 1.807) is 0 Å². The summed E-state index contributed by atoms with van der Waals surface area (Å²) in [6.45, 7) is 0. The molecule has 0 aliphatic heterocycles. The van der Waals surface area contributed by atoms with E-state index in [4.69, 9.17) is 38.2 Å². The SMILES string of the molecule is c1ccc(-c2cc(-c3cccc(-c4cccc5c4oc4c5ccc5c4c4ccccc4n5-c4ccccc4)c3)nc(-c3ccccc3)n2)cc1.c1ccc(-c2cc(-c3ccccc3)nc(-c3cccc(-c4cccc5c4oc4c5ccc5c4c4ccccc4n5-c4ccccc4)c3)n2)cc1.c1ccc(-c2ccc3c(c2)c2c4oc5c(-c6cc(-c7ccccc7)nc(-c7ccccc7)c6)cccc5c4ccc2n3-c2ccccc2)cc1. The Morgan fingerprint density at radius 2 is 0.393 bits per heavy atom. The van der Waals surface area contributed by atoms with Gasteiger partial charge >= 0.3 is 0 Å². The van der Waals surface area contributed by atoms with Crippen LogP contribution in [0.1, 0.15) is 0 Å². The minimum absolute atomic E-state index is 0.680. The van der Waals surface area contributed by atoms with Crippen LogP contribution in [0.5, 0.6) is 0 Å². The van der Waals surface area contributed by atoms with Crippen LogP contribution in [0.15, 0.2) is 547 Å². The normalized spacial score (nSPS) is 11.6. The average molecular weight is 1920 g/mol. The van der Waals surface area contributed by atoms with Gasteiger partial charge in [0.1, 0.15) is 33.5 Å². The van der Waals surface area contributed by atoms with Gasteiger partial charge < -0.3 is 27.0 Å². The molecule has 9 heterocycles. The maximum Gasteiger partial charge on any atom is 0.160 e. The lowest BCUT2D eigenvalue weighted by molar-refractivity contribution is 0.673. The molecule has 0 amide bonds. The highest BCUT2D eigenvalue weighted by Crippen LogP contribution is 2.50. The minimum Gasteiger partial charge on any atom is -0.455 e. The van der Waals surface area contributed by atoms with Gasteiger partial charge in [-0.3, -0.25) is 0 Å². The number of furan rings is 3. The molecule has 0 N–H and O–H groups in total. The first-order valence-corrected chi connectivity index (χ1v) is 50.6. The zero-order valence-corrected chi connectivity index (χ0v) is 81.1. The number of hydrogen-bond acceptors (Lipinski definition) is 8. The highest BCUT2D eigenvalue weighted by atomic mass is 16.3. The van der Waals surface area contributed by atoms with Gasteiger partial charge in [-0.05, 0) is 161 Å². The van der Waals surface area contributed by atoms with E-state index < -0.39 is 0 Å². The average Bonchev–Trinajstić information content (AvgIpc) is 1.56. The molecule has 0 saturated carbocycles. The summed E-state index contributed by atoms with van der Waals surface area (Å²) in [6, 6.07) is 186. The molecule has 11 heteroatoms. The van der Waals surface area contributed by atoms with E-state index in [0.29, 0.717) is 11.6 Å². The van der Waals surface area contributed by atoms with Crippen molar-refractivity contribution in [3.05, 3.63) is 534 Å². The number of nitrogens with zero attached hydrogens (tertiary/aromatic N) is 8. The summed E-state index contributed by atoms with van der Waals surface area (Å²) >= 11 is 0. The van der Waals surface area contributed by atoms with Crippen LogP contribution in [0.4, 0.5) is 0 Å². The van der Waals surface area contributed by atoms with Crippen molar-refractivity contribution < 1.29 is 13.3 Å². The molecule has 0 spiro atoms. The standard InChI is InChI=1S/C47H30N2O.2C46H29N3O/c1-5-14-31(15-6-1)34-24-26-43-40(28-34)45-44(49(43)36-20-11-4-12-21-36)27-25-39-38-23-13-22-37(46(38)50-47(39)45)35-29-41(32-16-7-2-8-17-32)48-42(30-35)33-18-9-3-10-19-33;1-4-14-30(15-5-1)39-29-40(48-46(47-39)31-16-6-2-7-17-31)33-19-12-18-32(28-33)35-23-13-24-36-37-26-27-42-43(45(37)50-44(35)36)38-22-10-11-25-41(38)49(42)34-20-8-3-9-21-34;1-4-14-30(15-5-1)39-29-40(31-16-6-2-7-17-31)48-46(47-39)33-19-12-18-32(28-33)35-23-13-24-36-37-26-27-42-43(45(37)50-44(35)36)38-22-10-11-25-41(38)49(42)34-20-8-3-9-21-34/h1-30H;2*1-29H. The molecule has 11 nitrogen and oxygen atoms in total. The van der Waals surface area contributed by atoms with Crippen LogP contribution in [-0.2, 0) is 0 Å². The summed E-state index contributed by atoms with van der Waals surface area (Å²) < 4.78 is 28.1. The van der Waals surface area contributed by atoms with Crippen LogP contribution in [-0.4, -0.2) is 38.6 Å². The van der Waals surface area contributed by atoms with Crippen molar-refractivity contribution in [3.63, 3.8) is 0 Å². The molecule has 0 bridgehead atoms. The molecule has 0 radical (unpaired) electrons. The van der Waals surface area contributed by atoms with Gasteiger partial charge in [0, 0.05) is 127 Å². The molecule has 150 heavy (non-hydrogen) atoms. The van der Waals surface area contributed by atoms with Crippen molar-refractivity contribution in [1.82, 2.24) is 38.6 Å². The Kier molecular flexibility index (Phi) is 21.7. The van der Waals surface area contributed by atoms with E-state index in [1.807, 2.05) is 84.9 Å². The third-order valence-electron chi connectivity index (χ3n) is 29.0. The van der Waals surface area contributed by atoms with Crippen molar-refractivity contribution in [2.45, 2.75) is 0 Å². The maximum absolute atomic E-state index is 7.11. The minimum atomic E-state index is 0.680. The largest absolute Gasteiger partial charge is 0.455 e. The van der Waals surface area contributed by atoms with Crippen LogP contribution in [0.3, 0.4) is 0 Å². The first-order chi connectivity index (χ1) is 74.4. The molecule has 9 aromatic heterocycles. The predicted octanol–water partition coefficient (Wildman–Crippen LogP) is 37.0. The third-order valence-corrected chi connectivity index (χ3v) is 29.0. The van der Waals surface area contributed by atoms with Gasteiger partial charge in [-0.2, -0.15) is 0 Å². The molecule has 30 rings (SSSR count). The van der Waals surface area contributed by atoms with Crippen LogP contribution in [0.25, 0.3) is 283 Å². The summed E-state index contributed by atoms with van der Waals surface area (Å²) in [6.07, 6.45) is 0. The van der Waals surface area contributed by atoms with Gasteiger partial charge in [0.15, 0.2) is 11.6 Å². The predicted molar refractivity (Wildman–Crippen MR) is 618 cm³/mol. The molecular weight excluding hydrogens is 1830 g/mol. The van der Waals surface area contributed by atoms with Crippen LogP contribution < -0.4 is 0 Å². The molecule has 0 unspecified atom stereocenters. The molecule has 21 aromatic carbocycles. The number of hydrogen-bond donors (Lipinski definition) is 0. The second-order valence-corrected chi connectivity index (χ2v) is 37.9. The van der Waals surface area contributed by atoms with E-state index in [-0.39, 0.29) is 0 Å². The van der Waals surface area contributed by atoms with Crippen molar-refractivity contribution >= 4 is 131 Å². The van der Waals surface area contributed by atoms with Crippen molar-refractivity contribution in [3.8, 4) is 152 Å². The fourth-order valence-corrected chi connectivity index (χ4v) is 22.1. The molecule has 0 aliphatic carbocycles. The summed E-state index contributed by atoms with van der Waals surface area (Å²) in [5, 5.41) is 13.5. The molecule has 30 aromatic rings. The molecule has 0 saturated heterocycles. The van der Waals surface area contributed by atoms with Crippen molar-refractivity contribution in [2.24, 2.45) is 0 Å². The summed E-state index contributed by atoms with van der Waals surface area (Å²) in [5.41, 5.74) is 37.8. The van der Waals surface area contributed by atoms with Gasteiger partial charge in [0.05, 0.1) is 83.4 Å². The van der Waals surface area contributed by atoms with E-state index in [9.17, 15) is 0 Å². The van der Waals surface area contributed by atoms with Crippen LogP contribution in [0.2, 0.25) is 0 Å². The Hall–Kier alpha value is -20.3. The van der Waals surface area contributed by atoms with E-state index in [0.717, 1.165) is 250 Å². The maximum atomic E-state index is 7.11. The number of para-hydroxylation sites is 8. The smallest absolute Gasteiger partial charge is 0.160 e. The Morgan fingerprint density at radius 3 is 0.780 bits per heavy atom. The molecular formula is C139H88N8O3. The van der Waals surface area contributed by atoms with Gasteiger partial charge in [0.2, 0.25) is 0 Å². The van der Waals surface area contributed by atoms with E-state index >= 15 is 0 Å². The van der Waals surface area contributed by atoms with Crippen molar-refractivity contribution in [2.75, 3.05) is 0 Å². The highest BCUT2D eigenvalue weighted by Gasteiger charge is 2.28. The number of pyridine rings is 1. The zero-order valence-electron chi connectivity index (χ0n) is 81.1.